The van der Waals surface area contributed by atoms with Crippen LogP contribution < -0.4 is 15.4 Å². The van der Waals surface area contributed by atoms with E-state index in [9.17, 15) is 9.59 Å². The normalized spacial score (nSPS) is 14.3. The van der Waals surface area contributed by atoms with Gasteiger partial charge in [0.1, 0.15) is 12.4 Å². The third-order valence-corrected chi connectivity index (χ3v) is 7.02. The van der Waals surface area contributed by atoms with Crippen LogP contribution in [0, 0.1) is 0 Å². The maximum absolute atomic E-state index is 12.4. The van der Waals surface area contributed by atoms with Gasteiger partial charge in [-0.25, -0.2) is 4.79 Å². The van der Waals surface area contributed by atoms with E-state index in [0.717, 1.165) is 38.5 Å². The molecule has 3 amide bonds. The highest BCUT2D eigenvalue weighted by molar-refractivity contribution is 7.99. The number of nitrogens with zero attached hydrogens (tertiary/aromatic N) is 3. The van der Waals surface area contributed by atoms with Crippen molar-refractivity contribution in [1.29, 1.82) is 0 Å². The minimum atomic E-state index is -0.428. The van der Waals surface area contributed by atoms with Gasteiger partial charge in [0.25, 0.3) is 0 Å². The number of hydrogen-bond acceptors (Lipinski definition) is 6. The average Bonchev–Trinajstić information content (AvgIpc) is 3.21. The first-order valence-corrected chi connectivity index (χ1v) is 12.9. The predicted octanol–water partition coefficient (Wildman–Crippen LogP) is 5.12. The van der Waals surface area contributed by atoms with E-state index in [2.05, 4.69) is 34.7 Å². The smallest absolute Gasteiger partial charge is 0.321 e. The first-order chi connectivity index (χ1) is 16.0. The summed E-state index contributed by atoms with van der Waals surface area (Å²) in [5, 5.41) is 15.1. The number of amides is 3. The third-order valence-electron chi connectivity index (χ3n) is 5.76. The van der Waals surface area contributed by atoms with E-state index in [4.69, 9.17) is 16.3 Å². The summed E-state index contributed by atoms with van der Waals surface area (Å²) in [5.74, 6) is 0.959. The van der Waals surface area contributed by atoms with Crippen molar-refractivity contribution in [2.75, 3.05) is 5.75 Å². The summed E-state index contributed by atoms with van der Waals surface area (Å²) in [5.41, 5.74) is 0. The lowest BCUT2D eigenvalue weighted by Gasteiger charge is -2.22. The summed E-state index contributed by atoms with van der Waals surface area (Å²) in [7, 11) is 0. The molecule has 0 atom stereocenters. The second-order valence-corrected chi connectivity index (χ2v) is 9.45. The number of halogens is 1. The Morgan fingerprint density at radius 2 is 1.91 bits per heavy atom. The molecule has 1 aromatic heterocycles. The van der Waals surface area contributed by atoms with E-state index < -0.39 is 6.03 Å². The van der Waals surface area contributed by atoms with Gasteiger partial charge >= 0.3 is 6.03 Å². The van der Waals surface area contributed by atoms with Crippen LogP contribution in [0.5, 0.6) is 5.75 Å². The fraction of sp³-hybridized carbons (Fsp3) is 0.565. The maximum atomic E-state index is 12.4. The molecule has 0 bridgehead atoms. The SMILES string of the molecule is CCC(CC)n1c(COc2ccccc2Cl)nnc1SCC(=O)NC(=O)NC1CCCCC1. The lowest BCUT2D eigenvalue weighted by molar-refractivity contribution is -0.117. The number of carbonyl (C=O) groups is 2. The molecule has 0 unspecified atom stereocenters. The van der Waals surface area contributed by atoms with Gasteiger partial charge in [-0.3, -0.25) is 10.1 Å². The second-order valence-electron chi connectivity index (χ2n) is 8.10. The molecule has 33 heavy (non-hydrogen) atoms. The van der Waals surface area contributed by atoms with Gasteiger partial charge in [-0.2, -0.15) is 0 Å². The van der Waals surface area contributed by atoms with Crippen LogP contribution >= 0.6 is 23.4 Å². The summed E-state index contributed by atoms with van der Waals surface area (Å²) >= 11 is 7.45. The Labute approximate surface area is 204 Å². The first kappa shape index (κ1) is 25.4. The standard InChI is InChI=1S/C23H32ClN5O3S/c1-3-17(4-2)29-20(14-32-19-13-9-8-12-18(19)24)27-28-23(29)33-15-21(30)26-22(31)25-16-10-6-5-7-11-16/h8-9,12-13,16-17H,3-7,10-11,14-15H2,1-2H3,(H2,25,26,30,31). The molecule has 1 saturated carbocycles. The molecule has 0 saturated heterocycles. The van der Waals surface area contributed by atoms with Crippen molar-refractivity contribution in [1.82, 2.24) is 25.4 Å². The van der Waals surface area contributed by atoms with E-state index in [-0.39, 0.29) is 30.4 Å². The van der Waals surface area contributed by atoms with Gasteiger partial charge in [0.2, 0.25) is 5.91 Å². The number of para-hydroxylation sites is 1. The number of thioether (sulfide) groups is 1. The highest BCUT2D eigenvalue weighted by Crippen LogP contribution is 2.28. The van der Waals surface area contributed by atoms with Crippen LogP contribution in [-0.4, -0.2) is 38.5 Å². The lowest BCUT2D eigenvalue weighted by Crippen LogP contribution is -2.45. The molecule has 8 nitrogen and oxygen atoms in total. The molecule has 0 aliphatic heterocycles. The van der Waals surface area contributed by atoms with Crippen molar-refractivity contribution in [3.63, 3.8) is 0 Å². The molecule has 1 heterocycles. The minimum Gasteiger partial charge on any atom is -0.484 e. The molecule has 0 radical (unpaired) electrons. The molecule has 0 spiro atoms. The van der Waals surface area contributed by atoms with E-state index in [1.807, 2.05) is 16.7 Å². The number of nitrogens with one attached hydrogen (secondary N) is 2. The molecule has 1 aliphatic carbocycles. The number of imide groups is 1. The number of carbonyl (C=O) groups excluding carboxylic acids is 2. The molecular formula is C23H32ClN5O3S. The van der Waals surface area contributed by atoms with Gasteiger partial charge in [0, 0.05) is 12.1 Å². The zero-order valence-corrected chi connectivity index (χ0v) is 20.8. The van der Waals surface area contributed by atoms with Crippen molar-refractivity contribution < 1.29 is 14.3 Å². The maximum Gasteiger partial charge on any atom is 0.321 e. The van der Waals surface area contributed by atoms with E-state index >= 15 is 0 Å². The van der Waals surface area contributed by atoms with Gasteiger partial charge in [-0.1, -0.05) is 68.6 Å². The van der Waals surface area contributed by atoms with E-state index in [1.165, 1.54) is 18.2 Å². The Morgan fingerprint density at radius 1 is 1.18 bits per heavy atom. The fourth-order valence-electron chi connectivity index (χ4n) is 3.99. The van der Waals surface area contributed by atoms with Crippen LogP contribution in [0.1, 0.15) is 70.7 Å². The molecule has 3 rings (SSSR count). The first-order valence-electron chi connectivity index (χ1n) is 11.6. The summed E-state index contributed by atoms with van der Waals surface area (Å²) < 4.78 is 7.89. The topological polar surface area (TPSA) is 98.1 Å². The Morgan fingerprint density at radius 3 is 2.61 bits per heavy atom. The molecule has 1 fully saturated rings. The van der Waals surface area contributed by atoms with Gasteiger partial charge < -0.3 is 14.6 Å². The number of rotatable bonds is 10. The van der Waals surface area contributed by atoms with E-state index in [0.29, 0.717) is 21.8 Å². The largest absolute Gasteiger partial charge is 0.484 e. The van der Waals surface area contributed by atoms with Gasteiger partial charge in [0.05, 0.1) is 10.8 Å². The van der Waals surface area contributed by atoms with Crippen LogP contribution in [0.25, 0.3) is 0 Å². The van der Waals surface area contributed by atoms with Crippen molar-refractivity contribution >= 4 is 35.3 Å². The zero-order chi connectivity index (χ0) is 23.6. The molecular weight excluding hydrogens is 462 g/mol. The third kappa shape index (κ3) is 7.37. The number of aromatic nitrogens is 3. The quantitative estimate of drug-likeness (QED) is 0.445. The van der Waals surface area contributed by atoms with Crippen LogP contribution in [0.3, 0.4) is 0 Å². The Hall–Kier alpha value is -2.26. The van der Waals surface area contributed by atoms with Crippen LogP contribution in [0.15, 0.2) is 29.4 Å². The fourth-order valence-corrected chi connectivity index (χ4v) is 5.00. The van der Waals surface area contributed by atoms with Gasteiger partial charge in [0.15, 0.2) is 11.0 Å². The highest BCUT2D eigenvalue weighted by Gasteiger charge is 2.21. The summed E-state index contributed by atoms with van der Waals surface area (Å²) in [6.45, 7) is 4.41. The molecule has 1 aromatic carbocycles. The van der Waals surface area contributed by atoms with Crippen molar-refractivity contribution in [2.45, 2.75) is 82.6 Å². The van der Waals surface area contributed by atoms with Crippen molar-refractivity contribution in [3.8, 4) is 5.75 Å². The Kier molecular flexibility index (Phi) is 9.87. The number of urea groups is 1. The molecule has 1 aliphatic rings. The Balaban J connectivity index is 1.60. The number of ether oxygens (including phenoxy) is 1. The second kappa shape index (κ2) is 12.8. The van der Waals surface area contributed by atoms with Crippen LogP contribution in [0.2, 0.25) is 5.02 Å². The highest BCUT2D eigenvalue weighted by atomic mass is 35.5. The van der Waals surface area contributed by atoms with Gasteiger partial charge in [-0.15, -0.1) is 10.2 Å². The van der Waals surface area contributed by atoms with E-state index in [1.54, 1.807) is 12.1 Å². The summed E-state index contributed by atoms with van der Waals surface area (Å²) in [4.78, 5) is 24.5. The molecule has 180 valence electrons. The molecule has 2 N–H and O–H groups in total. The monoisotopic (exact) mass is 493 g/mol. The summed E-state index contributed by atoms with van der Waals surface area (Å²) in [6, 6.07) is 7.17. The summed E-state index contributed by atoms with van der Waals surface area (Å²) in [6.07, 6.45) is 7.14. The number of benzene rings is 1. The predicted molar refractivity (Wildman–Crippen MR) is 130 cm³/mol. The van der Waals surface area contributed by atoms with Crippen LogP contribution in [-0.2, 0) is 11.4 Å². The molecule has 10 heteroatoms. The zero-order valence-electron chi connectivity index (χ0n) is 19.2. The Bertz CT molecular complexity index is 929. The van der Waals surface area contributed by atoms with Gasteiger partial charge in [-0.05, 0) is 37.8 Å². The van der Waals surface area contributed by atoms with Crippen molar-refractivity contribution in [3.05, 3.63) is 35.1 Å². The minimum absolute atomic E-state index is 0.0712. The van der Waals surface area contributed by atoms with Crippen LogP contribution in [0.4, 0.5) is 4.79 Å². The number of hydrogen-bond donors (Lipinski definition) is 2. The lowest BCUT2D eigenvalue weighted by atomic mass is 9.96. The average molecular weight is 494 g/mol. The molecule has 2 aromatic rings. The van der Waals surface area contributed by atoms with Crippen molar-refractivity contribution in [2.24, 2.45) is 0 Å².